The third kappa shape index (κ3) is 4.34. The molecule has 1 heterocycles. The number of rotatable bonds is 5. The lowest BCUT2D eigenvalue weighted by atomic mass is 9.94. The Balaban J connectivity index is 1.99. The molecule has 1 aromatic rings. The molecule has 4 N–H and O–H groups in total. The molecule has 6 heteroatoms. The molecule has 0 saturated carbocycles. The first-order valence-electron chi connectivity index (χ1n) is 7.14. The van der Waals surface area contributed by atoms with E-state index in [4.69, 9.17) is 15.2 Å². The van der Waals surface area contributed by atoms with Crippen LogP contribution in [0.3, 0.4) is 0 Å². The molecule has 0 radical (unpaired) electrons. The van der Waals surface area contributed by atoms with Crippen molar-refractivity contribution in [2.75, 3.05) is 32.1 Å². The van der Waals surface area contributed by atoms with Crippen molar-refractivity contribution in [2.45, 2.75) is 25.4 Å². The minimum Gasteiger partial charge on any atom is -0.494 e. The molecule has 1 fully saturated rings. The van der Waals surface area contributed by atoms with Crippen molar-refractivity contribution in [3.8, 4) is 5.75 Å². The third-order valence-electron chi connectivity index (χ3n) is 3.50. The fourth-order valence-electron chi connectivity index (χ4n) is 2.28. The highest BCUT2D eigenvalue weighted by atomic mass is 16.5. The van der Waals surface area contributed by atoms with Crippen molar-refractivity contribution in [2.24, 2.45) is 0 Å². The number of aliphatic hydroxyl groups is 1. The van der Waals surface area contributed by atoms with E-state index in [1.165, 1.54) is 0 Å². The summed E-state index contributed by atoms with van der Waals surface area (Å²) < 4.78 is 10.6. The van der Waals surface area contributed by atoms with E-state index in [0.717, 1.165) is 0 Å². The van der Waals surface area contributed by atoms with E-state index < -0.39 is 5.60 Å². The average Bonchev–Trinajstić information content (AvgIpc) is 2.45. The number of anilines is 1. The maximum atomic E-state index is 12.2. The zero-order valence-electron chi connectivity index (χ0n) is 12.2. The maximum Gasteiger partial charge on any atom is 0.251 e. The van der Waals surface area contributed by atoms with Gasteiger partial charge in [0.2, 0.25) is 0 Å². The number of nitrogens with two attached hydrogens (primary N) is 1. The van der Waals surface area contributed by atoms with E-state index in [1.54, 1.807) is 18.2 Å². The minimum atomic E-state index is -0.892. The summed E-state index contributed by atoms with van der Waals surface area (Å²) in [6.07, 6.45) is 1.04. The van der Waals surface area contributed by atoms with E-state index >= 15 is 0 Å². The molecular formula is C15H22N2O4. The van der Waals surface area contributed by atoms with Gasteiger partial charge in [0.05, 0.1) is 12.2 Å². The Morgan fingerprint density at radius 1 is 1.43 bits per heavy atom. The third-order valence-corrected chi connectivity index (χ3v) is 3.50. The Bertz CT molecular complexity index is 498. The number of hydrogen-bond donors (Lipinski definition) is 3. The van der Waals surface area contributed by atoms with Gasteiger partial charge in [-0.2, -0.15) is 0 Å². The molecule has 0 atom stereocenters. The first-order valence-corrected chi connectivity index (χ1v) is 7.14. The maximum absolute atomic E-state index is 12.2. The Labute approximate surface area is 124 Å². The largest absolute Gasteiger partial charge is 0.494 e. The summed E-state index contributed by atoms with van der Waals surface area (Å²) in [7, 11) is 0. The number of carbonyl (C=O) groups is 1. The van der Waals surface area contributed by atoms with Crippen LogP contribution in [0.5, 0.6) is 5.75 Å². The smallest absolute Gasteiger partial charge is 0.251 e. The van der Waals surface area contributed by atoms with Crippen LogP contribution in [0.25, 0.3) is 0 Å². The molecule has 1 aliphatic rings. The van der Waals surface area contributed by atoms with Crippen LogP contribution in [0.1, 0.15) is 30.1 Å². The Kier molecular flexibility index (Phi) is 5.03. The molecule has 1 amide bonds. The number of ether oxygens (including phenoxy) is 2. The first-order chi connectivity index (χ1) is 10.0. The van der Waals surface area contributed by atoms with E-state index in [0.29, 0.717) is 49.7 Å². The first kappa shape index (κ1) is 15.6. The molecule has 6 nitrogen and oxygen atoms in total. The van der Waals surface area contributed by atoms with Gasteiger partial charge in [-0.15, -0.1) is 0 Å². The van der Waals surface area contributed by atoms with Crippen molar-refractivity contribution < 1.29 is 19.4 Å². The van der Waals surface area contributed by atoms with E-state index in [9.17, 15) is 9.90 Å². The molecule has 21 heavy (non-hydrogen) atoms. The molecule has 0 unspecified atom stereocenters. The lowest BCUT2D eigenvalue weighted by molar-refractivity contribution is -0.0605. The topological polar surface area (TPSA) is 93.8 Å². The summed E-state index contributed by atoms with van der Waals surface area (Å²) in [6.45, 7) is 3.60. The van der Waals surface area contributed by atoms with Gasteiger partial charge in [0.25, 0.3) is 5.91 Å². The van der Waals surface area contributed by atoms with Gasteiger partial charge in [-0.1, -0.05) is 0 Å². The number of hydrogen-bond acceptors (Lipinski definition) is 5. The van der Waals surface area contributed by atoms with Crippen LogP contribution in [-0.2, 0) is 4.74 Å². The molecule has 116 valence electrons. The van der Waals surface area contributed by atoms with Crippen LogP contribution in [0.15, 0.2) is 18.2 Å². The second kappa shape index (κ2) is 6.78. The zero-order chi connectivity index (χ0) is 15.3. The molecule has 0 spiro atoms. The fourth-order valence-corrected chi connectivity index (χ4v) is 2.28. The number of amides is 1. The molecule has 0 aliphatic carbocycles. The molecule has 2 rings (SSSR count). The van der Waals surface area contributed by atoms with Crippen molar-refractivity contribution in [1.82, 2.24) is 5.32 Å². The van der Waals surface area contributed by atoms with Crippen molar-refractivity contribution in [3.63, 3.8) is 0 Å². The lowest BCUT2D eigenvalue weighted by Crippen LogP contribution is -2.46. The highest BCUT2D eigenvalue weighted by Crippen LogP contribution is 2.21. The molecule has 0 bridgehead atoms. The van der Waals surface area contributed by atoms with Crippen LogP contribution in [-0.4, -0.2) is 43.0 Å². The fraction of sp³-hybridized carbons (Fsp3) is 0.533. The van der Waals surface area contributed by atoms with Crippen LogP contribution in [0.4, 0.5) is 5.69 Å². The standard InChI is InChI=1S/C15H22N2O4/c1-2-21-13-8-11(7-12(16)9-13)14(18)17-10-15(19)3-5-20-6-4-15/h7-9,19H,2-6,10,16H2,1H3,(H,17,18). The highest BCUT2D eigenvalue weighted by molar-refractivity contribution is 5.95. The SMILES string of the molecule is CCOc1cc(N)cc(C(=O)NCC2(O)CCOCC2)c1. The second-order valence-electron chi connectivity index (χ2n) is 5.24. The Morgan fingerprint density at radius 3 is 2.81 bits per heavy atom. The van der Waals surface area contributed by atoms with E-state index in [-0.39, 0.29) is 12.5 Å². The second-order valence-corrected chi connectivity index (χ2v) is 5.24. The molecule has 0 aromatic heterocycles. The predicted octanol–water partition coefficient (Wildman–Crippen LogP) is 0.939. The number of carbonyl (C=O) groups excluding carboxylic acids is 1. The number of nitrogen functional groups attached to an aromatic ring is 1. The molecular weight excluding hydrogens is 272 g/mol. The zero-order valence-corrected chi connectivity index (χ0v) is 12.2. The van der Waals surface area contributed by atoms with Gasteiger partial charge in [-0.3, -0.25) is 4.79 Å². The van der Waals surface area contributed by atoms with Crippen LogP contribution in [0.2, 0.25) is 0 Å². The van der Waals surface area contributed by atoms with Gasteiger partial charge in [0.15, 0.2) is 0 Å². The Hall–Kier alpha value is -1.79. The molecule has 1 aliphatic heterocycles. The van der Waals surface area contributed by atoms with Crippen molar-refractivity contribution in [3.05, 3.63) is 23.8 Å². The monoisotopic (exact) mass is 294 g/mol. The number of benzene rings is 1. The molecule has 1 saturated heterocycles. The highest BCUT2D eigenvalue weighted by Gasteiger charge is 2.30. The lowest BCUT2D eigenvalue weighted by Gasteiger charge is -2.32. The minimum absolute atomic E-state index is 0.202. The summed E-state index contributed by atoms with van der Waals surface area (Å²) in [4.78, 5) is 12.2. The van der Waals surface area contributed by atoms with Gasteiger partial charge >= 0.3 is 0 Å². The van der Waals surface area contributed by atoms with Gasteiger partial charge in [0, 0.05) is 49.9 Å². The van der Waals surface area contributed by atoms with Gasteiger partial charge in [-0.05, 0) is 19.1 Å². The summed E-state index contributed by atoms with van der Waals surface area (Å²) in [5, 5.41) is 13.1. The van der Waals surface area contributed by atoms with E-state index in [2.05, 4.69) is 5.32 Å². The van der Waals surface area contributed by atoms with Gasteiger partial charge in [-0.25, -0.2) is 0 Å². The van der Waals surface area contributed by atoms with Crippen molar-refractivity contribution in [1.29, 1.82) is 0 Å². The predicted molar refractivity (Wildman–Crippen MR) is 79.4 cm³/mol. The summed E-state index contributed by atoms with van der Waals surface area (Å²) in [5.74, 6) is 0.288. The molecule has 1 aromatic carbocycles. The van der Waals surface area contributed by atoms with E-state index in [1.807, 2.05) is 6.92 Å². The van der Waals surface area contributed by atoms with Crippen LogP contribution in [0, 0.1) is 0 Å². The normalized spacial score (nSPS) is 17.2. The van der Waals surface area contributed by atoms with Gasteiger partial charge < -0.3 is 25.6 Å². The van der Waals surface area contributed by atoms with Crippen LogP contribution < -0.4 is 15.8 Å². The average molecular weight is 294 g/mol. The quantitative estimate of drug-likeness (QED) is 0.703. The van der Waals surface area contributed by atoms with Gasteiger partial charge in [0.1, 0.15) is 5.75 Å². The van der Waals surface area contributed by atoms with Crippen molar-refractivity contribution >= 4 is 11.6 Å². The van der Waals surface area contributed by atoms with Crippen LogP contribution >= 0.6 is 0 Å². The number of nitrogens with one attached hydrogen (secondary N) is 1. The summed E-state index contributed by atoms with van der Waals surface area (Å²) >= 11 is 0. The summed E-state index contributed by atoms with van der Waals surface area (Å²) in [6, 6.07) is 4.90. The summed E-state index contributed by atoms with van der Waals surface area (Å²) in [5.41, 5.74) is 5.77. The Morgan fingerprint density at radius 2 is 2.14 bits per heavy atom.